The first kappa shape index (κ1) is 16.1. The minimum Gasteiger partial charge on any atom is -0.383 e. The molecule has 4 rings (SSSR count). The second-order valence-electron chi connectivity index (χ2n) is 6.19. The number of aromatic nitrogens is 3. The first-order chi connectivity index (χ1) is 12.8. The minimum atomic E-state index is 0.799. The van der Waals surface area contributed by atoms with Crippen LogP contribution in [0.2, 0.25) is 0 Å². The van der Waals surface area contributed by atoms with Gasteiger partial charge in [-0.15, -0.1) is 0 Å². The zero-order chi connectivity index (χ0) is 17.8. The van der Waals surface area contributed by atoms with Crippen molar-refractivity contribution in [2.75, 3.05) is 23.7 Å². The molecule has 3 heterocycles. The van der Waals surface area contributed by atoms with Gasteiger partial charge in [-0.3, -0.25) is 9.97 Å². The Kier molecular flexibility index (Phi) is 4.51. The quantitative estimate of drug-likeness (QED) is 0.516. The van der Waals surface area contributed by atoms with E-state index >= 15 is 0 Å². The molecule has 0 aliphatic carbocycles. The number of anilines is 2. The van der Waals surface area contributed by atoms with Gasteiger partial charge < -0.3 is 15.2 Å². The molecule has 0 bridgehead atoms. The lowest BCUT2D eigenvalue weighted by atomic mass is 10.1. The van der Waals surface area contributed by atoms with Gasteiger partial charge in [0.05, 0.1) is 11.4 Å². The van der Waals surface area contributed by atoms with Crippen molar-refractivity contribution >= 4 is 22.3 Å². The molecule has 0 aliphatic rings. The van der Waals surface area contributed by atoms with Crippen molar-refractivity contribution in [1.82, 2.24) is 14.5 Å². The largest absolute Gasteiger partial charge is 0.383 e. The molecule has 5 nitrogen and oxygen atoms in total. The molecule has 0 atom stereocenters. The van der Waals surface area contributed by atoms with Gasteiger partial charge in [-0.05, 0) is 41.8 Å². The van der Waals surface area contributed by atoms with Gasteiger partial charge in [-0.25, -0.2) is 0 Å². The van der Waals surface area contributed by atoms with E-state index in [4.69, 9.17) is 0 Å². The van der Waals surface area contributed by atoms with Crippen molar-refractivity contribution in [2.45, 2.75) is 0 Å². The van der Waals surface area contributed by atoms with Gasteiger partial charge in [0.15, 0.2) is 0 Å². The van der Waals surface area contributed by atoms with E-state index in [0.29, 0.717) is 0 Å². The van der Waals surface area contributed by atoms with Crippen LogP contribution in [0, 0.1) is 0 Å². The third kappa shape index (κ3) is 3.37. The first-order valence-electron chi connectivity index (χ1n) is 8.69. The number of nitrogens with zero attached hydrogens (tertiary/aromatic N) is 3. The van der Waals surface area contributed by atoms with E-state index < -0.39 is 0 Å². The van der Waals surface area contributed by atoms with Crippen molar-refractivity contribution in [1.29, 1.82) is 0 Å². The van der Waals surface area contributed by atoms with Crippen molar-refractivity contribution in [3.63, 3.8) is 0 Å². The Balaban J connectivity index is 1.49. The molecule has 0 unspecified atom stereocenters. The Hall–Kier alpha value is -3.34. The molecule has 26 heavy (non-hydrogen) atoms. The Labute approximate surface area is 152 Å². The molecule has 0 saturated carbocycles. The maximum atomic E-state index is 4.61. The van der Waals surface area contributed by atoms with Gasteiger partial charge in [0, 0.05) is 61.7 Å². The maximum Gasteiger partial charge on any atom is 0.0933 e. The molecule has 0 amide bonds. The normalized spacial score (nSPS) is 10.8. The van der Waals surface area contributed by atoms with Gasteiger partial charge in [0.25, 0.3) is 0 Å². The number of nitrogens with one attached hydrogen (secondary N) is 2. The summed E-state index contributed by atoms with van der Waals surface area (Å²) in [5.41, 5.74) is 5.41. The molecule has 0 aliphatic heterocycles. The summed E-state index contributed by atoms with van der Waals surface area (Å²) in [5, 5.41) is 8.11. The topological polar surface area (TPSA) is 54.8 Å². The highest BCUT2D eigenvalue weighted by atomic mass is 15.0. The van der Waals surface area contributed by atoms with Gasteiger partial charge in [0.2, 0.25) is 0 Å². The molecule has 3 aromatic heterocycles. The monoisotopic (exact) mass is 343 g/mol. The molecule has 0 spiro atoms. The van der Waals surface area contributed by atoms with Gasteiger partial charge in [0.1, 0.15) is 0 Å². The lowest BCUT2D eigenvalue weighted by molar-refractivity contribution is 0.969. The number of fused-ring (bicyclic) bond motifs is 1. The van der Waals surface area contributed by atoms with Crippen molar-refractivity contribution < 1.29 is 0 Å². The van der Waals surface area contributed by atoms with Crippen LogP contribution in [0.25, 0.3) is 22.2 Å². The first-order valence-corrected chi connectivity index (χ1v) is 8.69. The minimum absolute atomic E-state index is 0.799. The van der Waals surface area contributed by atoms with E-state index in [1.807, 2.05) is 24.4 Å². The molecule has 0 radical (unpaired) electrons. The molecular formula is C21H21N5. The average Bonchev–Trinajstić information content (AvgIpc) is 3.07. The highest BCUT2D eigenvalue weighted by Crippen LogP contribution is 2.28. The summed E-state index contributed by atoms with van der Waals surface area (Å²) in [6, 6.07) is 16.6. The molecular weight excluding hydrogens is 322 g/mol. The van der Waals surface area contributed by atoms with Gasteiger partial charge >= 0.3 is 0 Å². The Morgan fingerprint density at radius 2 is 1.77 bits per heavy atom. The summed E-state index contributed by atoms with van der Waals surface area (Å²) in [6.45, 7) is 1.61. The second kappa shape index (κ2) is 7.27. The Morgan fingerprint density at radius 1 is 0.923 bits per heavy atom. The summed E-state index contributed by atoms with van der Waals surface area (Å²) < 4.78 is 2.13. The van der Waals surface area contributed by atoms with Gasteiger partial charge in [-0.2, -0.15) is 0 Å². The highest BCUT2D eigenvalue weighted by Gasteiger charge is 2.08. The summed E-state index contributed by atoms with van der Waals surface area (Å²) in [4.78, 5) is 8.63. The van der Waals surface area contributed by atoms with E-state index in [9.17, 15) is 0 Å². The number of aryl methyl sites for hydroxylation is 1. The molecule has 2 N–H and O–H groups in total. The molecule has 0 saturated heterocycles. The predicted octanol–water partition coefficient (Wildman–Crippen LogP) is 4.16. The Morgan fingerprint density at radius 3 is 2.65 bits per heavy atom. The number of hydrogen-bond acceptors (Lipinski definition) is 4. The average molecular weight is 343 g/mol. The molecule has 4 aromatic rings. The van der Waals surface area contributed by atoms with Crippen molar-refractivity contribution in [3.8, 4) is 11.3 Å². The van der Waals surface area contributed by atoms with Crippen LogP contribution in [-0.2, 0) is 7.05 Å². The van der Waals surface area contributed by atoms with E-state index in [0.717, 1.165) is 35.7 Å². The van der Waals surface area contributed by atoms with Crippen LogP contribution < -0.4 is 10.6 Å². The summed E-state index contributed by atoms with van der Waals surface area (Å²) >= 11 is 0. The lowest BCUT2D eigenvalue weighted by Gasteiger charge is -2.12. The van der Waals surface area contributed by atoms with Crippen molar-refractivity contribution in [2.24, 2.45) is 7.05 Å². The third-order valence-corrected chi connectivity index (χ3v) is 4.42. The van der Waals surface area contributed by atoms with Crippen LogP contribution in [0.4, 0.5) is 11.4 Å². The van der Waals surface area contributed by atoms with Crippen LogP contribution in [0.5, 0.6) is 0 Å². The fraction of sp³-hybridized carbons (Fsp3) is 0.143. The Bertz CT molecular complexity index is 1010. The van der Waals surface area contributed by atoms with E-state index in [-0.39, 0.29) is 0 Å². The number of benzene rings is 1. The fourth-order valence-corrected chi connectivity index (χ4v) is 3.06. The van der Waals surface area contributed by atoms with Gasteiger partial charge in [-0.1, -0.05) is 12.1 Å². The summed E-state index contributed by atoms with van der Waals surface area (Å²) in [5.74, 6) is 0. The number of pyridine rings is 2. The number of hydrogen-bond donors (Lipinski definition) is 2. The summed E-state index contributed by atoms with van der Waals surface area (Å²) in [6.07, 6.45) is 7.49. The fourth-order valence-electron chi connectivity index (χ4n) is 3.06. The maximum absolute atomic E-state index is 4.61. The molecule has 1 aromatic carbocycles. The second-order valence-corrected chi connectivity index (χ2v) is 6.19. The highest BCUT2D eigenvalue weighted by molar-refractivity contribution is 5.87. The summed E-state index contributed by atoms with van der Waals surface area (Å²) in [7, 11) is 2.06. The predicted molar refractivity (Wildman–Crippen MR) is 107 cm³/mol. The standard InChI is InChI=1S/C21H21N5/c1-26-14-8-16-4-5-17(15-20(16)26)21-19(3-2-9-25-21)24-13-12-23-18-6-10-22-11-7-18/h2-11,14-15,24H,12-13H2,1H3,(H,22,23). The smallest absolute Gasteiger partial charge is 0.0933 e. The zero-order valence-electron chi connectivity index (χ0n) is 14.7. The van der Waals surface area contributed by atoms with Crippen LogP contribution in [-0.4, -0.2) is 27.6 Å². The molecule has 130 valence electrons. The third-order valence-electron chi connectivity index (χ3n) is 4.42. The zero-order valence-corrected chi connectivity index (χ0v) is 14.7. The van der Waals surface area contributed by atoms with E-state index in [1.165, 1.54) is 10.9 Å². The molecule has 5 heteroatoms. The van der Waals surface area contributed by atoms with Crippen LogP contribution in [0.1, 0.15) is 0 Å². The number of rotatable bonds is 6. The van der Waals surface area contributed by atoms with Crippen LogP contribution in [0.15, 0.2) is 73.3 Å². The van der Waals surface area contributed by atoms with Crippen LogP contribution in [0.3, 0.4) is 0 Å². The lowest BCUT2D eigenvalue weighted by Crippen LogP contribution is -2.14. The molecule has 0 fully saturated rings. The van der Waals surface area contributed by atoms with Crippen LogP contribution >= 0.6 is 0 Å². The van der Waals surface area contributed by atoms with Crippen molar-refractivity contribution in [3.05, 3.63) is 73.3 Å². The van der Waals surface area contributed by atoms with E-state index in [1.54, 1.807) is 12.4 Å². The van der Waals surface area contributed by atoms with E-state index in [2.05, 4.69) is 68.7 Å². The SMILES string of the molecule is Cn1ccc2ccc(-c3ncccc3NCCNc3ccncc3)cc21.